The number of guanidine groups is 1. The standard InChI is InChI=1S/C21H27FN4O/c1-4-11-24-20(27)18-9-5-7-16(12-18)14-25-21(23-2)26(3)15-17-8-6-10-19(22)13-17/h5-10,12-13H,4,11,14-15H2,1-3H3,(H,23,25)(H,24,27). The maximum atomic E-state index is 13.4. The van der Waals surface area contributed by atoms with E-state index in [0.717, 1.165) is 17.5 Å². The molecule has 2 aromatic carbocycles. The molecule has 0 aliphatic heterocycles. The Morgan fingerprint density at radius 2 is 1.85 bits per heavy atom. The summed E-state index contributed by atoms with van der Waals surface area (Å²) in [5.74, 6) is 0.383. The quantitative estimate of drug-likeness (QED) is 0.581. The third kappa shape index (κ3) is 6.40. The molecule has 0 fully saturated rings. The number of rotatable bonds is 7. The zero-order valence-corrected chi connectivity index (χ0v) is 16.1. The normalized spacial score (nSPS) is 11.2. The molecule has 144 valence electrons. The van der Waals surface area contributed by atoms with Gasteiger partial charge in [-0.25, -0.2) is 4.39 Å². The van der Waals surface area contributed by atoms with Crippen LogP contribution in [-0.2, 0) is 13.1 Å². The lowest BCUT2D eigenvalue weighted by Crippen LogP contribution is -2.38. The summed E-state index contributed by atoms with van der Waals surface area (Å²) < 4.78 is 13.4. The molecule has 6 heteroatoms. The highest BCUT2D eigenvalue weighted by atomic mass is 19.1. The molecule has 0 saturated heterocycles. The van der Waals surface area contributed by atoms with Crippen LogP contribution in [0.1, 0.15) is 34.8 Å². The third-order valence-electron chi connectivity index (χ3n) is 4.06. The van der Waals surface area contributed by atoms with E-state index in [1.807, 2.05) is 43.1 Å². The molecule has 0 aliphatic rings. The largest absolute Gasteiger partial charge is 0.352 e. The molecule has 5 nitrogen and oxygen atoms in total. The Bertz CT molecular complexity index is 791. The van der Waals surface area contributed by atoms with E-state index in [9.17, 15) is 9.18 Å². The molecule has 0 atom stereocenters. The number of nitrogens with zero attached hydrogens (tertiary/aromatic N) is 2. The highest BCUT2D eigenvalue weighted by molar-refractivity contribution is 5.94. The maximum Gasteiger partial charge on any atom is 0.251 e. The number of aliphatic imine (C=N–C) groups is 1. The van der Waals surface area contributed by atoms with E-state index < -0.39 is 0 Å². The number of halogens is 1. The lowest BCUT2D eigenvalue weighted by Gasteiger charge is -2.22. The topological polar surface area (TPSA) is 56.7 Å². The third-order valence-corrected chi connectivity index (χ3v) is 4.06. The maximum absolute atomic E-state index is 13.4. The Morgan fingerprint density at radius 3 is 2.56 bits per heavy atom. The van der Waals surface area contributed by atoms with E-state index in [-0.39, 0.29) is 11.7 Å². The first-order valence-electron chi connectivity index (χ1n) is 9.07. The van der Waals surface area contributed by atoms with E-state index in [0.29, 0.717) is 31.2 Å². The number of hydrogen-bond donors (Lipinski definition) is 2. The number of amides is 1. The van der Waals surface area contributed by atoms with Crippen LogP contribution >= 0.6 is 0 Å². The van der Waals surface area contributed by atoms with Crippen LogP contribution in [0.3, 0.4) is 0 Å². The minimum Gasteiger partial charge on any atom is -0.352 e. The lowest BCUT2D eigenvalue weighted by molar-refractivity contribution is 0.0953. The Morgan fingerprint density at radius 1 is 1.11 bits per heavy atom. The van der Waals surface area contributed by atoms with Crippen LogP contribution in [0.15, 0.2) is 53.5 Å². The van der Waals surface area contributed by atoms with Gasteiger partial charge < -0.3 is 15.5 Å². The van der Waals surface area contributed by atoms with E-state index in [4.69, 9.17) is 0 Å². The SMILES string of the molecule is CCCNC(=O)c1cccc(CNC(=NC)N(C)Cc2cccc(F)c2)c1. The summed E-state index contributed by atoms with van der Waals surface area (Å²) in [4.78, 5) is 18.3. The van der Waals surface area contributed by atoms with Gasteiger partial charge in [0.15, 0.2) is 5.96 Å². The minimum absolute atomic E-state index is 0.0636. The first kappa shape index (κ1) is 20.4. The van der Waals surface area contributed by atoms with Crippen molar-refractivity contribution in [3.8, 4) is 0 Å². The van der Waals surface area contributed by atoms with Gasteiger partial charge in [0.25, 0.3) is 5.91 Å². The molecule has 0 unspecified atom stereocenters. The van der Waals surface area contributed by atoms with Gasteiger partial charge in [-0.2, -0.15) is 0 Å². The predicted molar refractivity (Wildman–Crippen MR) is 107 cm³/mol. The minimum atomic E-state index is -0.248. The monoisotopic (exact) mass is 370 g/mol. The summed E-state index contributed by atoms with van der Waals surface area (Å²) in [7, 11) is 3.61. The summed E-state index contributed by atoms with van der Waals surface area (Å²) in [6.07, 6.45) is 0.904. The number of carbonyl (C=O) groups excluding carboxylic acids is 1. The number of hydrogen-bond acceptors (Lipinski definition) is 2. The number of nitrogens with one attached hydrogen (secondary N) is 2. The number of benzene rings is 2. The molecule has 2 N–H and O–H groups in total. The summed E-state index contributed by atoms with van der Waals surface area (Å²) in [5, 5.41) is 6.16. The van der Waals surface area contributed by atoms with Crippen LogP contribution in [0.2, 0.25) is 0 Å². The molecule has 0 aromatic heterocycles. The van der Waals surface area contributed by atoms with Crippen LogP contribution in [0.5, 0.6) is 0 Å². The Labute approximate surface area is 160 Å². The molecule has 0 bridgehead atoms. The van der Waals surface area contributed by atoms with Gasteiger partial charge in [-0.15, -0.1) is 0 Å². The summed E-state index contributed by atoms with van der Waals surface area (Å²) in [6.45, 7) is 3.76. The molecule has 0 radical (unpaired) electrons. The van der Waals surface area contributed by atoms with Crippen LogP contribution in [-0.4, -0.2) is 37.4 Å². The first-order chi connectivity index (χ1) is 13.0. The predicted octanol–water partition coefficient (Wildman–Crippen LogP) is 3.17. The fraction of sp³-hybridized carbons (Fsp3) is 0.333. The lowest BCUT2D eigenvalue weighted by atomic mass is 10.1. The molecule has 0 saturated carbocycles. The van der Waals surface area contributed by atoms with Crippen LogP contribution in [0, 0.1) is 5.82 Å². The van der Waals surface area contributed by atoms with Crippen molar-refractivity contribution < 1.29 is 9.18 Å². The zero-order chi connectivity index (χ0) is 19.6. The molecular formula is C21H27FN4O. The average Bonchev–Trinajstić information content (AvgIpc) is 2.66. The van der Waals surface area contributed by atoms with Gasteiger partial charge in [0.1, 0.15) is 5.82 Å². The smallest absolute Gasteiger partial charge is 0.251 e. The van der Waals surface area contributed by atoms with Gasteiger partial charge in [0, 0.05) is 39.3 Å². The Kier molecular flexibility index (Phi) is 7.79. The van der Waals surface area contributed by atoms with Crippen molar-refractivity contribution in [3.63, 3.8) is 0 Å². The van der Waals surface area contributed by atoms with E-state index in [1.54, 1.807) is 19.2 Å². The van der Waals surface area contributed by atoms with Crippen LogP contribution < -0.4 is 10.6 Å². The highest BCUT2D eigenvalue weighted by Crippen LogP contribution is 2.08. The fourth-order valence-corrected chi connectivity index (χ4v) is 2.71. The second-order valence-electron chi connectivity index (χ2n) is 6.34. The van der Waals surface area contributed by atoms with Crippen molar-refractivity contribution in [2.75, 3.05) is 20.6 Å². The Balaban J connectivity index is 1.96. The second kappa shape index (κ2) is 10.3. The zero-order valence-electron chi connectivity index (χ0n) is 16.1. The molecule has 0 heterocycles. The summed E-state index contributed by atoms with van der Waals surface area (Å²) >= 11 is 0. The molecule has 1 amide bonds. The van der Waals surface area contributed by atoms with Crippen LogP contribution in [0.4, 0.5) is 4.39 Å². The van der Waals surface area contributed by atoms with E-state index >= 15 is 0 Å². The van der Waals surface area contributed by atoms with Crippen molar-refractivity contribution in [1.82, 2.24) is 15.5 Å². The molecule has 2 aromatic rings. The first-order valence-corrected chi connectivity index (χ1v) is 9.07. The second-order valence-corrected chi connectivity index (χ2v) is 6.34. The van der Waals surface area contributed by atoms with Gasteiger partial charge >= 0.3 is 0 Å². The van der Waals surface area contributed by atoms with Crippen molar-refractivity contribution in [2.24, 2.45) is 4.99 Å². The molecule has 0 spiro atoms. The van der Waals surface area contributed by atoms with Gasteiger partial charge in [0.2, 0.25) is 0 Å². The molecule has 0 aliphatic carbocycles. The highest BCUT2D eigenvalue weighted by Gasteiger charge is 2.09. The van der Waals surface area contributed by atoms with Gasteiger partial charge in [-0.3, -0.25) is 9.79 Å². The number of carbonyl (C=O) groups is 1. The van der Waals surface area contributed by atoms with Gasteiger partial charge in [-0.05, 0) is 41.8 Å². The van der Waals surface area contributed by atoms with Crippen LogP contribution in [0.25, 0.3) is 0 Å². The van der Waals surface area contributed by atoms with Gasteiger partial charge in [-0.1, -0.05) is 31.2 Å². The fourth-order valence-electron chi connectivity index (χ4n) is 2.71. The molecular weight excluding hydrogens is 343 g/mol. The van der Waals surface area contributed by atoms with Crippen molar-refractivity contribution in [1.29, 1.82) is 0 Å². The van der Waals surface area contributed by atoms with Gasteiger partial charge in [0.05, 0.1) is 0 Å². The summed E-state index contributed by atoms with van der Waals surface area (Å²) in [5.41, 5.74) is 2.50. The molecule has 2 rings (SSSR count). The van der Waals surface area contributed by atoms with E-state index in [1.165, 1.54) is 12.1 Å². The van der Waals surface area contributed by atoms with E-state index in [2.05, 4.69) is 15.6 Å². The van der Waals surface area contributed by atoms with Crippen molar-refractivity contribution >= 4 is 11.9 Å². The Hall–Kier alpha value is -2.89. The summed E-state index contributed by atoms with van der Waals surface area (Å²) in [6, 6.07) is 14.0. The average molecular weight is 370 g/mol. The van der Waals surface area contributed by atoms with Crippen molar-refractivity contribution in [3.05, 3.63) is 71.0 Å². The van der Waals surface area contributed by atoms with Crippen molar-refractivity contribution in [2.45, 2.75) is 26.4 Å². The molecule has 27 heavy (non-hydrogen) atoms.